The van der Waals surface area contributed by atoms with Gasteiger partial charge in [-0.15, -0.1) is 0 Å². The second kappa shape index (κ2) is 3.46. The summed E-state index contributed by atoms with van der Waals surface area (Å²) in [5, 5.41) is 3.59. The van der Waals surface area contributed by atoms with Gasteiger partial charge in [-0.25, -0.2) is 0 Å². The average Bonchev–Trinajstić information content (AvgIpc) is 2.01. The predicted molar refractivity (Wildman–Crippen MR) is 49.9 cm³/mol. The third-order valence-corrected chi connectivity index (χ3v) is 2.87. The van der Waals surface area contributed by atoms with E-state index in [2.05, 4.69) is 23.8 Å². The zero-order valence-corrected chi connectivity index (χ0v) is 7.64. The lowest BCUT2D eigenvalue weighted by molar-refractivity contribution is 0.201. The number of piperidine rings is 1. The zero-order chi connectivity index (χ0) is 7.84. The van der Waals surface area contributed by atoms with Crippen LogP contribution in [0.25, 0.3) is 0 Å². The second-order valence-electron chi connectivity index (χ2n) is 3.72. The Balaban J connectivity index is 0.000000720. The van der Waals surface area contributed by atoms with E-state index in [1.54, 1.807) is 0 Å². The zero-order valence-electron chi connectivity index (χ0n) is 7.64. The van der Waals surface area contributed by atoms with Crippen LogP contribution in [0, 0.1) is 0 Å². The fraction of sp³-hybridized carbons (Fsp3) is 0.778. The minimum Gasteiger partial charge on any atom is -0.412 e. The van der Waals surface area contributed by atoms with Crippen LogP contribution in [0.5, 0.6) is 0 Å². The molecule has 2 bridgehead atoms. The van der Waals surface area contributed by atoms with Crippen molar-refractivity contribution >= 4 is 0 Å². The highest BCUT2D eigenvalue weighted by Gasteiger charge is 2.30. The maximum Gasteiger partial charge on any atom is 0.0468 e. The molecule has 2 atom stereocenters. The molecular formula is C9H18N2O. The van der Waals surface area contributed by atoms with Crippen LogP contribution in [0.3, 0.4) is 0 Å². The van der Waals surface area contributed by atoms with Gasteiger partial charge in [0.25, 0.3) is 0 Å². The molecule has 0 aromatic rings. The first-order valence-electron chi connectivity index (χ1n) is 4.43. The average molecular weight is 170 g/mol. The molecule has 2 saturated heterocycles. The minimum absolute atomic E-state index is 0. The van der Waals surface area contributed by atoms with Gasteiger partial charge in [-0.3, -0.25) is 0 Å². The van der Waals surface area contributed by atoms with Crippen molar-refractivity contribution in [3.05, 3.63) is 12.3 Å². The third kappa shape index (κ3) is 1.47. The Kier molecular flexibility index (Phi) is 2.75. The van der Waals surface area contributed by atoms with Crippen molar-refractivity contribution in [3.63, 3.8) is 0 Å². The molecule has 2 heterocycles. The van der Waals surface area contributed by atoms with Crippen LogP contribution in [0.1, 0.15) is 19.3 Å². The summed E-state index contributed by atoms with van der Waals surface area (Å²) in [6, 6.07) is 1.30. The monoisotopic (exact) mass is 170 g/mol. The molecule has 0 aromatic carbocycles. The van der Waals surface area contributed by atoms with Gasteiger partial charge in [-0.05, 0) is 19.3 Å². The van der Waals surface area contributed by atoms with E-state index in [4.69, 9.17) is 0 Å². The molecule has 0 aromatic heterocycles. The minimum atomic E-state index is 0. The van der Waals surface area contributed by atoms with E-state index in [9.17, 15) is 0 Å². The van der Waals surface area contributed by atoms with Crippen molar-refractivity contribution in [1.82, 2.24) is 10.2 Å². The van der Waals surface area contributed by atoms with Gasteiger partial charge in [0.1, 0.15) is 0 Å². The van der Waals surface area contributed by atoms with Crippen molar-refractivity contribution < 1.29 is 5.48 Å². The van der Waals surface area contributed by atoms with Gasteiger partial charge in [0, 0.05) is 31.4 Å². The molecule has 2 aliphatic rings. The molecule has 2 unspecified atom stereocenters. The van der Waals surface area contributed by atoms with Crippen molar-refractivity contribution in [3.8, 4) is 0 Å². The molecule has 0 amide bonds. The number of fused-ring (bicyclic) bond motifs is 2. The van der Waals surface area contributed by atoms with E-state index < -0.39 is 0 Å². The highest BCUT2D eigenvalue weighted by atomic mass is 16.0. The van der Waals surface area contributed by atoms with Crippen LogP contribution in [-0.2, 0) is 0 Å². The number of likely N-dealkylation sites (N-methyl/N-ethyl adjacent to an activating group) is 1. The van der Waals surface area contributed by atoms with Gasteiger partial charge in [0.15, 0.2) is 0 Å². The molecule has 70 valence electrons. The van der Waals surface area contributed by atoms with Crippen LogP contribution >= 0.6 is 0 Å². The van der Waals surface area contributed by atoms with E-state index in [1.165, 1.54) is 25.0 Å². The Labute approximate surface area is 73.7 Å². The van der Waals surface area contributed by atoms with E-state index in [0.717, 1.165) is 12.6 Å². The lowest BCUT2D eigenvalue weighted by Crippen LogP contribution is -2.55. The molecule has 0 radical (unpaired) electrons. The maximum absolute atomic E-state index is 4.08. The Bertz CT molecular complexity index is 179. The first-order valence-corrected chi connectivity index (χ1v) is 4.43. The first-order chi connectivity index (χ1) is 5.27. The van der Waals surface area contributed by atoms with Crippen molar-refractivity contribution in [2.45, 2.75) is 31.3 Å². The smallest absolute Gasteiger partial charge is 0.0468 e. The van der Waals surface area contributed by atoms with Crippen molar-refractivity contribution in [2.75, 3.05) is 13.6 Å². The largest absolute Gasteiger partial charge is 0.412 e. The molecule has 2 rings (SSSR count). The summed E-state index contributed by atoms with van der Waals surface area (Å²) in [6.07, 6.45) is 3.99. The molecule has 0 aliphatic carbocycles. The topological polar surface area (TPSA) is 46.8 Å². The van der Waals surface area contributed by atoms with E-state index in [0.29, 0.717) is 6.04 Å². The summed E-state index contributed by atoms with van der Waals surface area (Å²) in [6.45, 7) is 5.23. The summed E-state index contributed by atoms with van der Waals surface area (Å²) in [4.78, 5) is 2.30. The summed E-state index contributed by atoms with van der Waals surface area (Å²) >= 11 is 0. The fourth-order valence-corrected chi connectivity index (χ4v) is 2.14. The molecule has 0 saturated carbocycles. The van der Waals surface area contributed by atoms with Crippen LogP contribution in [0.15, 0.2) is 12.3 Å². The number of piperazine rings is 1. The Morgan fingerprint density at radius 1 is 1.50 bits per heavy atom. The van der Waals surface area contributed by atoms with Crippen molar-refractivity contribution in [2.24, 2.45) is 0 Å². The summed E-state index contributed by atoms with van der Waals surface area (Å²) in [5.41, 5.74) is 1.28. The molecule has 2 fully saturated rings. The number of nitrogens with zero attached hydrogens (tertiary/aromatic N) is 1. The fourth-order valence-electron chi connectivity index (χ4n) is 2.14. The van der Waals surface area contributed by atoms with Gasteiger partial charge in [0.2, 0.25) is 0 Å². The third-order valence-electron chi connectivity index (χ3n) is 2.87. The van der Waals surface area contributed by atoms with Gasteiger partial charge in [-0.1, -0.05) is 6.58 Å². The highest BCUT2D eigenvalue weighted by molar-refractivity contribution is 5.10. The molecule has 3 nitrogen and oxygen atoms in total. The van der Waals surface area contributed by atoms with Crippen LogP contribution in [0.2, 0.25) is 0 Å². The summed E-state index contributed by atoms with van der Waals surface area (Å²) in [7, 11) is 2.15. The Morgan fingerprint density at radius 3 is 3.00 bits per heavy atom. The van der Waals surface area contributed by atoms with Gasteiger partial charge in [0.05, 0.1) is 0 Å². The normalized spacial score (nSPS) is 34.4. The Morgan fingerprint density at radius 2 is 2.25 bits per heavy atom. The van der Waals surface area contributed by atoms with E-state index in [-0.39, 0.29) is 5.48 Å². The standard InChI is InChI=1S/C9H16N2.H2O/c1-7-9-5-3-4-8(10-9)6-11(7)2;/h8-10H,1,3-6H2,2H3;1H2. The lowest BCUT2D eigenvalue weighted by atomic mass is 9.92. The van der Waals surface area contributed by atoms with E-state index >= 15 is 0 Å². The number of likely N-dealkylation sites (tertiary alicyclic amines) is 1. The summed E-state index contributed by atoms with van der Waals surface area (Å²) < 4.78 is 0. The molecule has 3 N–H and O–H groups in total. The quantitative estimate of drug-likeness (QED) is 0.562. The van der Waals surface area contributed by atoms with E-state index in [1.807, 2.05) is 0 Å². The molecule has 0 spiro atoms. The van der Waals surface area contributed by atoms with Gasteiger partial charge in [-0.2, -0.15) is 0 Å². The second-order valence-corrected chi connectivity index (χ2v) is 3.72. The highest BCUT2D eigenvalue weighted by Crippen LogP contribution is 2.24. The van der Waals surface area contributed by atoms with Gasteiger partial charge < -0.3 is 15.7 Å². The molecule has 2 aliphatic heterocycles. The lowest BCUT2D eigenvalue weighted by Gasteiger charge is -2.43. The maximum atomic E-state index is 4.08. The number of hydrogen-bond acceptors (Lipinski definition) is 2. The SMILES string of the molecule is C=C1C2CCCC(CN1C)N2.O. The Hall–Kier alpha value is -0.540. The number of hydrogen-bond donors (Lipinski definition) is 1. The molecule has 3 heteroatoms. The number of nitrogens with one attached hydrogen (secondary N) is 1. The van der Waals surface area contributed by atoms with Gasteiger partial charge >= 0.3 is 0 Å². The molecular weight excluding hydrogens is 152 g/mol. The summed E-state index contributed by atoms with van der Waals surface area (Å²) in [5.74, 6) is 0. The predicted octanol–water partition coefficient (Wildman–Crippen LogP) is 0.131. The van der Waals surface area contributed by atoms with Crippen LogP contribution in [-0.4, -0.2) is 36.1 Å². The first kappa shape index (κ1) is 9.55. The molecule has 12 heavy (non-hydrogen) atoms. The van der Waals surface area contributed by atoms with Crippen molar-refractivity contribution in [1.29, 1.82) is 0 Å². The van der Waals surface area contributed by atoms with Crippen LogP contribution < -0.4 is 5.32 Å². The van der Waals surface area contributed by atoms with Crippen LogP contribution in [0.4, 0.5) is 0 Å². The number of rotatable bonds is 0.